The Bertz CT molecular complexity index is 368. The molecule has 0 radical (unpaired) electrons. The van der Waals surface area contributed by atoms with E-state index in [0.717, 1.165) is 12.5 Å². The molecule has 0 aliphatic carbocycles. The van der Waals surface area contributed by atoms with Gasteiger partial charge in [-0.15, -0.1) is 11.3 Å². The molecule has 0 bridgehead atoms. The van der Waals surface area contributed by atoms with Crippen LogP contribution in [0.2, 0.25) is 0 Å². The number of thiophene rings is 1. The molecule has 0 aliphatic heterocycles. The molecule has 0 aromatic carbocycles. The summed E-state index contributed by atoms with van der Waals surface area (Å²) in [6, 6.07) is 4.00. The number of carboxylic acid groups (broad SMARTS) is 1. The second kappa shape index (κ2) is 9.35. The van der Waals surface area contributed by atoms with Crippen LogP contribution in [0.1, 0.15) is 4.88 Å². The second-order valence-corrected chi connectivity index (χ2v) is 3.78. The van der Waals surface area contributed by atoms with Gasteiger partial charge in [-0.1, -0.05) is 19.2 Å². The Balaban J connectivity index is 0.000000437. The van der Waals surface area contributed by atoms with Gasteiger partial charge in [0.1, 0.15) is 0 Å². The van der Waals surface area contributed by atoms with Gasteiger partial charge in [-0.25, -0.2) is 9.59 Å². The maximum absolute atomic E-state index is 10.6. The Morgan fingerprint density at radius 1 is 1.41 bits per heavy atom. The Hall–Kier alpha value is -1.88. The fourth-order valence-corrected chi connectivity index (χ4v) is 1.46. The van der Waals surface area contributed by atoms with Gasteiger partial charge in [0.2, 0.25) is 0 Å². The summed E-state index contributed by atoms with van der Waals surface area (Å²) < 4.78 is 4.81. The average molecular weight is 254 g/mol. The first-order valence-corrected chi connectivity index (χ1v) is 5.65. The van der Waals surface area contributed by atoms with Gasteiger partial charge >= 0.3 is 11.9 Å². The third kappa shape index (κ3) is 9.07. The Kier molecular flexibility index (Phi) is 8.32. The first kappa shape index (κ1) is 15.1. The van der Waals surface area contributed by atoms with Crippen LogP contribution in [0.5, 0.6) is 0 Å². The molecule has 5 heteroatoms. The van der Waals surface area contributed by atoms with Crippen molar-refractivity contribution >= 4 is 23.3 Å². The summed E-state index contributed by atoms with van der Waals surface area (Å²) in [5, 5.41) is 9.61. The first-order valence-electron chi connectivity index (χ1n) is 4.77. The lowest BCUT2D eigenvalue weighted by Crippen LogP contribution is -2.03. The SMILES string of the molecule is C=CC(=O)O.C=CC(=O)OCCc1cccs1. The Morgan fingerprint density at radius 3 is 2.47 bits per heavy atom. The minimum atomic E-state index is -0.981. The Labute approximate surface area is 104 Å². The van der Waals surface area contributed by atoms with E-state index >= 15 is 0 Å². The van der Waals surface area contributed by atoms with E-state index in [1.807, 2.05) is 17.5 Å². The number of hydrogen-bond donors (Lipinski definition) is 1. The minimum absolute atomic E-state index is 0.355. The summed E-state index contributed by atoms with van der Waals surface area (Å²) in [6.07, 6.45) is 2.80. The van der Waals surface area contributed by atoms with E-state index in [1.54, 1.807) is 11.3 Å². The van der Waals surface area contributed by atoms with E-state index in [1.165, 1.54) is 11.0 Å². The van der Waals surface area contributed by atoms with E-state index in [-0.39, 0.29) is 5.97 Å². The lowest BCUT2D eigenvalue weighted by molar-refractivity contribution is -0.137. The van der Waals surface area contributed by atoms with Crippen molar-refractivity contribution < 1.29 is 19.4 Å². The summed E-state index contributed by atoms with van der Waals surface area (Å²) in [5.41, 5.74) is 0. The lowest BCUT2D eigenvalue weighted by atomic mass is 10.4. The lowest BCUT2D eigenvalue weighted by Gasteiger charge is -1.98. The highest BCUT2D eigenvalue weighted by Crippen LogP contribution is 2.08. The normalized spacial score (nSPS) is 8.47. The molecule has 0 atom stereocenters. The topological polar surface area (TPSA) is 63.6 Å². The van der Waals surface area contributed by atoms with Gasteiger partial charge < -0.3 is 9.84 Å². The molecule has 4 nitrogen and oxygen atoms in total. The number of carbonyl (C=O) groups is 2. The molecule has 1 aromatic heterocycles. The number of aliphatic carboxylic acids is 1. The molecule has 17 heavy (non-hydrogen) atoms. The summed E-state index contributed by atoms with van der Waals surface area (Å²) in [7, 11) is 0. The predicted octanol–water partition coefficient (Wildman–Crippen LogP) is 2.28. The number of rotatable bonds is 5. The molecule has 1 aromatic rings. The van der Waals surface area contributed by atoms with E-state index in [9.17, 15) is 9.59 Å². The molecule has 0 amide bonds. The largest absolute Gasteiger partial charge is 0.478 e. The molecule has 0 saturated heterocycles. The molecule has 0 unspecified atom stereocenters. The molecule has 0 aliphatic rings. The van der Waals surface area contributed by atoms with Gasteiger partial charge in [0.05, 0.1) is 6.61 Å². The van der Waals surface area contributed by atoms with Crippen LogP contribution in [-0.4, -0.2) is 23.7 Å². The number of ether oxygens (including phenoxy) is 1. The molecular weight excluding hydrogens is 240 g/mol. The zero-order valence-electron chi connectivity index (χ0n) is 9.30. The van der Waals surface area contributed by atoms with E-state index in [2.05, 4.69) is 13.2 Å². The molecule has 0 spiro atoms. The summed E-state index contributed by atoms with van der Waals surface area (Å²) in [6.45, 7) is 6.70. The van der Waals surface area contributed by atoms with Crippen molar-refractivity contribution in [1.82, 2.24) is 0 Å². The van der Waals surface area contributed by atoms with E-state index in [4.69, 9.17) is 9.84 Å². The Morgan fingerprint density at radius 2 is 2.06 bits per heavy atom. The highest BCUT2D eigenvalue weighted by atomic mass is 32.1. The fourth-order valence-electron chi connectivity index (χ4n) is 0.766. The minimum Gasteiger partial charge on any atom is -0.478 e. The van der Waals surface area contributed by atoms with Crippen molar-refractivity contribution in [3.05, 3.63) is 47.7 Å². The number of esters is 1. The molecule has 92 valence electrons. The van der Waals surface area contributed by atoms with Crippen molar-refractivity contribution in [2.75, 3.05) is 6.61 Å². The molecule has 0 saturated carbocycles. The summed E-state index contributed by atoms with van der Waals surface area (Å²) in [4.78, 5) is 21.1. The standard InChI is InChI=1S/C9H10O2S.C3H4O2/c1-2-9(10)11-6-5-8-4-3-7-12-8;1-2-3(4)5/h2-4,7H,1,5-6H2;2H,1H2,(H,4,5). The fraction of sp³-hybridized carbons (Fsp3) is 0.167. The molecular formula is C12H14O4S. The van der Waals surface area contributed by atoms with Crippen LogP contribution in [0, 0.1) is 0 Å². The predicted molar refractivity (Wildman–Crippen MR) is 67.0 cm³/mol. The molecule has 1 heterocycles. The average Bonchev–Trinajstić information content (AvgIpc) is 2.82. The molecule has 1 N–H and O–H groups in total. The van der Waals surface area contributed by atoms with Crippen molar-refractivity contribution in [2.24, 2.45) is 0 Å². The molecule has 0 fully saturated rings. The van der Waals surface area contributed by atoms with Crippen LogP contribution < -0.4 is 0 Å². The van der Waals surface area contributed by atoms with Crippen LogP contribution in [0.25, 0.3) is 0 Å². The maximum atomic E-state index is 10.6. The maximum Gasteiger partial charge on any atom is 0.330 e. The van der Waals surface area contributed by atoms with E-state index in [0.29, 0.717) is 6.61 Å². The monoisotopic (exact) mass is 254 g/mol. The van der Waals surface area contributed by atoms with Crippen molar-refractivity contribution in [1.29, 1.82) is 0 Å². The van der Waals surface area contributed by atoms with Gasteiger partial charge in [0.25, 0.3) is 0 Å². The number of carbonyl (C=O) groups excluding carboxylic acids is 1. The van der Waals surface area contributed by atoms with Crippen LogP contribution >= 0.6 is 11.3 Å². The summed E-state index contributed by atoms with van der Waals surface area (Å²) in [5.74, 6) is -1.34. The third-order valence-corrected chi connectivity index (χ3v) is 2.45. The van der Waals surface area contributed by atoms with Gasteiger partial charge in [-0.3, -0.25) is 0 Å². The zero-order valence-corrected chi connectivity index (χ0v) is 10.1. The second-order valence-electron chi connectivity index (χ2n) is 2.74. The zero-order chi connectivity index (χ0) is 13.1. The highest BCUT2D eigenvalue weighted by molar-refractivity contribution is 7.09. The van der Waals surface area contributed by atoms with Gasteiger partial charge in [0.15, 0.2) is 0 Å². The molecule has 1 rings (SSSR count). The van der Waals surface area contributed by atoms with Crippen molar-refractivity contribution in [3.8, 4) is 0 Å². The third-order valence-electron chi connectivity index (χ3n) is 1.51. The summed E-state index contributed by atoms with van der Waals surface area (Å²) >= 11 is 1.67. The van der Waals surface area contributed by atoms with Crippen LogP contribution in [0.4, 0.5) is 0 Å². The van der Waals surface area contributed by atoms with Crippen molar-refractivity contribution in [3.63, 3.8) is 0 Å². The van der Waals surface area contributed by atoms with Crippen molar-refractivity contribution in [2.45, 2.75) is 6.42 Å². The van der Waals surface area contributed by atoms with Crippen LogP contribution in [0.15, 0.2) is 42.8 Å². The van der Waals surface area contributed by atoms with Gasteiger partial charge in [-0.05, 0) is 11.4 Å². The van der Waals surface area contributed by atoms with E-state index < -0.39 is 5.97 Å². The number of hydrogen-bond acceptors (Lipinski definition) is 4. The van der Waals surface area contributed by atoms with Gasteiger partial charge in [-0.2, -0.15) is 0 Å². The quantitative estimate of drug-likeness (QED) is 0.646. The highest BCUT2D eigenvalue weighted by Gasteiger charge is 1.96. The smallest absolute Gasteiger partial charge is 0.330 e. The van der Waals surface area contributed by atoms with Crippen LogP contribution in [-0.2, 0) is 20.7 Å². The first-order chi connectivity index (χ1) is 8.10. The van der Waals surface area contributed by atoms with Gasteiger partial charge in [0, 0.05) is 23.5 Å². The van der Waals surface area contributed by atoms with Crippen LogP contribution in [0.3, 0.4) is 0 Å². The number of carboxylic acids is 1.